The van der Waals surface area contributed by atoms with E-state index in [2.05, 4.69) is 26.7 Å². The zero-order chi connectivity index (χ0) is 18.4. The molecule has 1 aliphatic heterocycles. The Bertz CT molecular complexity index is 707. The molecule has 0 spiro atoms. The first-order chi connectivity index (χ1) is 12.6. The van der Waals surface area contributed by atoms with Crippen molar-refractivity contribution in [2.24, 2.45) is 5.92 Å². The van der Waals surface area contributed by atoms with Crippen molar-refractivity contribution in [1.29, 1.82) is 0 Å². The molecule has 1 aliphatic rings. The Kier molecular flexibility index (Phi) is 6.45. The molecular weight excluding hydrogens is 324 g/mol. The van der Waals surface area contributed by atoms with Crippen molar-refractivity contribution in [2.75, 3.05) is 26.2 Å². The maximum atomic E-state index is 12.3. The molecule has 26 heavy (non-hydrogen) atoms. The summed E-state index contributed by atoms with van der Waals surface area (Å²) in [7, 11) is 0. The average Bonchev–Trinajstić information content (AvgIpc) is 3.04. The fraction of sp³-hybridized carbons (Fsp3) is 0.524. The molecule has 0 aliphatic carbocycles. The number of carbonyl (C=O) groups excluding carboxylic acids is 1. The molecule has 0 bridgehead atoms. The van der Waals surface area contributed by atoms with Crippen LogP contribution in [0.5, 0.6) is 0 Å². The van der Waals surface area contributed by atoms with Gasteiger partial charge in [-0.05, 0) is 62.9 Å². The zero-order valence-corrected chi connectivity index (χ0v) is 15.9. The number of nitrogens with zero attached hydrogens (tertiary/aromatic N) is 3. The van der Waals surface area contributed by atoms with Gasteiger partial charge in [-0.1, -0.05) is 19.1 Å². The number of amides is 1. The molecule has 1 fully saturated rings. The average molecular weight is 354 g/mol. The van der Waals surface area contributed by atoms with Gasteiger partial charge in [-0.2, -0.15) is 0 Å². The molecule has 1 amide bonds. The predicted octanol–water partition coefficient (Wildman–Crippen LogP) is 3.09. The second kappa shape index (κ2) is 8.99. The predicted molar refractivity (Wildman–Crippen MR) is 104 cm³/mol. The zero-order valence-electron chi connectivity index (χ0n) is 15.9. The van der Waals surface area contributed by atoms with Gasteiger partial charge in [0.2, 0.25) is 0 Å². The maximum Gasteiger partial charge on any atom is 0.251 e. The van der Waals surface area contributed by atoms with Gasteiger partial charge in [0.1, 0.15) is 5.82 Å². The molecule has 0 radical (unpaired) electrons. The van der Waals surface area contributed by atoms with E-state index in [-0.39, 0.29) is 5.91 Å². The van der Waals surface area contributed by atoms with Crippen LogP contribution >= 0.6 is 0 Å². The second-order valence-corrected chi connectivity index (χ2v) is 7.46. The van der Waals surface area contributed by atoms with Gasteiger partial charge in [0.15, 0.2) is 0 Å². The molecule has 5 heteroatoms. The fourth-order valence-corrected chi connectivity index (χ4v) is 3.63. The molecule has 1 unspecified atom stereocenters. The van der Waals surface area contributed by atoms with Crippen LogP contribution < -0.4 is 5.32 Å². The van der Waals surface area contributed by atoms with Gasteiger partial charge >= 0.3 is 0 Å². The van der Waals surface area contributed by atoms with Crippen LogP contribution in [0.4, 0.5) is 0 Å². The molecule has 140 valence electrons. The summed E-state index contributed by atoms with van der Waals surface area (Å²) in [6.07, 6.45) is 7.44. The summed E-state index contributed by atoms with van der Waals surface area (Å²) >= 11 is 0. The number of hydrogen-bond acceptors (Lipinski definition) is 3. The summed E-state index contributed by atoms with van der Waals surface area (Å²) in [6, 6.07) is 7.85. The van der Waals surface area contributed by atoms with E-state index < -0.39 is 0 Å². The molecule has 2 heterocycles. The highest BCUT2D eigenvalue weighted by atomic mass is 16.1. The van der Waals surface area contributed by atoms with Gasteiger partial charge in [-0.3, -0.25) is 4.79 Å². The first-order valence-corrected chi connectivity index (χ1v) is 9.69. The maximum absolute atomic E-state index is 12.3. The molecule has 1 aromatic heterocycles. The number of carbonyl (C=O) groups is 1. The summed E-state index contributed by atoms with van der Waals surface area (Å²) < 4.78 is 2.09. The van der Waals surface area contributed by atoms with E-state index in [0.717, 1.165) is 43.4 Å². The smallest absolute Gasteiger partial charge is 0.251 e. The third kappa shape index (κ3) is 5.18. The molecule has 0 saturated carbocycles. The Hall–Kier alpha value is -2.14. The summed E-state index contributed by atoms with van der Waals surface area (Å²) in [5.74, 6) is 1.82. The first kappa shape index (κ1) is 18.6. The van der Waals surface area contributed by atoms with Crippen molar-refractivity contribution in [1.82, 2.24) is 19.8 Å². The van der Waals surface area contributed by atoms with Crippen LogP contribution in [0, 0.1) is 12.8 Å². The molecule has 1 aromatic carbocycles. The number of rotatable bonds is 7. The van der Waals surface area contributed by atoms with Crippen molar-refractivity contribution >= 4 is 5.91 Å². The van der Waals surface area contributed by atoms with E-state index in [1.165, 1.54) is 31.5 Å². The molecule has 3 rings (SSSR count). The van der Waals surface area contributed by atoms with Crippen molar-refractivity contribution in [3.05, 3.63) is 53.6 Å². The van der Waals surface area contributed by atoms with E-state index in [9.17, 15) is 4.79 Å². The molecule has 5 nitrogen and oxygen atoms in total. The highest BCUT2D eigenvalue weighted by Gasteiger charge is 2.15. The van der Waals surface area contributed by atoms with E-state index >= 15 is 0 Å². The Morgan fingerprint density at radius 3 is 2.81 bits per heavy atom. The van der Waals surface area contributed by atoms with E-state index in [1.54, 1.807) is 0 Å². The summed E-state index contributed by atoms with van der Waals surface area (Å²) in [5, 5.41) is 3.04. The van der Waals surface area contributed by atoms with Crippen LogP contribution in [0.2, 0.25) is 0 Å². The SMILES string of the molecule is Cc1nccn1Cc1ccc(C(=O)NCCCN2CCCC(C)C2)cc1. The minimum atomic E-state index is 0.0161. The van der Waals surface area contributed by atoms with Gasteiger partial charge in [0.05, 0.1) is 0 Å². The number of piperidine rings is 1. The lowest BCUT2D eigenvalue weighted by atomic mass is 10.0. The van der Waals surface area contributed by atoms with Crippen LogP contribution in [-0.2, 0) is 6.54 Å². The van der Waals surface area contributed by atoms with Crippen LogP contribution in [0.1, 0.15) is 47.9 Å². The molecule has 1 N–H and O–H groups in total. The van der Waals surface area contributed by atoms with Crippen molar-refractivity contribution < 1.29 is 4.79 Å². The number of imidazole rings is 1. The minimum absolute atomic E-state index is 0.0161. The van der Waals surface area contributed by atoms with Crippen molar-refractivity contribution in [2.45, 2.75) is 39.7 Å². The van der Waals surface area contributed by atoms with Crippen LogP contribution in [0.15, 0.2) is 36.7 Å². The Morgan fingerprint density at radius 1 is 1.31 bits per heavy atom. The molecule has 2 aromatic rings. The standard InChI is InChI=1S/C21H30N4O/c1-17-5-3-12-24(15-17)13-4-10-23-21(26)20-8-6-19(7-9-20)16-25-14-11-22-18(25)2/h6-9,11,14,17H,3-5,10,12-13,15-16H2,1-2H3,(H,23,26). The van der Waals surface area contributed by atoms with Crippen LogP contribution in [-0.4, -0.2) is 46.5 Å². The van der Waals surface area contributed by atoms with Gasteiger partial charge in [-0.15, -0.1) is 0 Å². The third-order valence-corrected chi connectivity index (χ3v) is 5.17. The number of aromatic nitrogens is 2. The number of likely N-dealkylation sites (tertiary alicyclic amines) is 1. The van der Waals surface area contributed by atoms with Gasteiger partial charge in [0.25, 0.3) is 5.91 Å². The highest BCUT2D eigenvalue weighted by molar-refractivity contribution is 5.94. The Labute approximate surface area is 156 Å². The van der Waals surface area contributed by atoms with Gasteiger partial charge < -0.3 is 14.8 Å². The summed E-state index contributed by atoms with van der Waals surface area (Å²) in [6.45, 7) is 9.32. The van der Waals surface area contributed by atoms with Gasteiger partial charge in [0, 0.05) is 37.6 Å². The normalized spacial score (nSPS) is 18.0. The third-order valence-electron chi connectivity index (χ3n) is 5.17. The summed E-state index contributed by atoms with van der Waals surface area (Å²) in [5.41, 5.74) is 1.89. The van der Waals surface area contributed by atoms with E-state index in [4.69, 9.17) is 0 Å². The fourth-order valence-electron chi connectivity index (χ4n) is 3.63. The van der Waals surface area contributed by atoms with Crippen LogP contribution in [0.25, 0.3) is 0 Å². The Morgan fingerprint density at radius 2 is 2.12 bits per heavy atom. The number of benzene rings is 1. The number of hydrogen-bond donors (Lipinski definition) is 1. The first-order valence-electron chi connectivity index (χ1n) is 9.69. The monoisotopic (exact) mass is 354 g/mol. The van der Waals surface area contributed by atoms with Crippen molar-refractivity contribution in [3.63, 3.8) is 0 Å². The minimum Gasteiger partial charge on any atom is -0.352 e. The van der Waals surface area contributed by atoms with E-state index in [1.807, 2.05) is 43.6 Å². The topological polar surface area (TPSA) is 50.2 Å². The number of nitrogens with one attached hydrogen (secondary N) is 1. The molecule has 1 atom stereocenters. The quantitative estimate of drug-likeness (QED) is 0.778. The number of aryl methyl sites for hydroxylation is 1. The highest BCUT2D eigenvalue weighted by Crippen LogP contribution is 2.15. The van der Waals surface area contributed by atoms with Crippen molar-refractivity contribution in [3.8, 4) is 0 Å². The lowest BCUT2D eigenvalue weighted by molar-refractivity contribution is 0.0950. The largest absolute Gasteiger partial charge is 0.352 e. The van der Waals surface area contributed by atoms with E-state index in [0.29, 0.717) is 0 Å². The van der Waals surface area contributed by atoms with Crippen LogP contribution in [0.3, 0.4) is 0 Å². The van der Waals surface area contributed by atoms with Gasteiger partial charge in [-0.25, -0.2) is 4.98 Å². The lowest BCUT2D eigenvalue weighted by Crippen LogP contribution is -2.36. The molecular formula is C21H30N4O. The second-order valence-electron chi connectivity index (χ2n) is 7.46. The summed E-state index contributed by atoms with van der Waals surface area (Å²) in [4.78, 5) is 19.0. The Balaban J connectivity index is 1.41. The lowest BCUT2D eigenvalue weighted by Gasteiger charge is -2.30. The molecule has 1 saturated heterocycles.